The number of carbonyl (C=O) groups excluding carboxylic acids is 1. The van der Waals surface area contributed by atoms with E-state index in [4.69, 9.17) is 4.74 Å². The first-order valence-electron chi connectivity index (χ1n) is 7.29. The standard InChI is InChI=1S/C15H21N3O2/c1-2-16-15(19)17-9-10-3-4-13-12(7-10)14-8-11(18-13)5-6-20-14/h3-4,7,11,14,18H,2,5-6,8-9H2,1H3,(H2,16,17,19). The molecule has 0 radical (unpaired) electrons. The zero-order valence-electron chi connectivity index (χ0n) is 11.7. The number of urea groups is 1. The Balaban J connectivity index is 1.71. The number of hydrogen-bond donors (Lipinski definition) is 3. The van der Waals surface area contributed by atoms with Crippen molar-refractivity contribution in [2.24, 2.45) is 0 Å². The van der Waals surface area contributed by atoms with Crippen LogP contribution in [0, 0.1) is 0 Å². The molecule has 1 aromatic carbocycles. The first kappa shape index (κ1) is 13.2. The minimum atomic E-state index is -0.127. The topological polar surface area (TPSA) is 62.4 Å². The van der Waals surface area contributed by atoms with Crippen LogP contribution in [0.5, 0.6) is 0 Å². The van der Waals surface area contributed by atoms with Crippen molar-refractivity contribution >= 4 is 11.7 Å². The number of amides is 2. The maximum atomic E-state index is 11.4. The predicted octanol–water partition coefficient (Wildman–Crippen LogP) is 2.15. The third kappa shape index (κ3) is 2.72. The van der Waals surface area contributed by atoms with Gasteiger partial charge < -0.3 is 20.7 Å². The van der Waals surface area contributed by atoms with Crippen LogP contribution in [0.2, 0.25) is 0 Å². The molecule has 5 heteroatoms. The minimum Gasteiger partial charge on any atom is -0.382 e. The SMILES string of the molecule is CCNC(=O)NCc1ccc2c(c1)C1CC(CCO1)N2. The number of fused-ring (bicyclic) bond motifs is 4. The van der Waals surface area contributed by atoms with Crippen LogP contribution in [0.3, 0.4) is 0 Å². The Morgan fingerprint density at radius 3 is 3.20 bits per heavy atom. The molecule has 0 saturated carbocycles. The largest absolute Gasteiger partial charge is 0.382 e. The Labute approximate surface area is 119 Å². The van der Waals surface area contributed by atoms with Gasteiger partial charge >= 0.3 is 6.03 Å². The summed E-state index contributed by atoms with van der Waals surface area (Å²) in [6, 6.07) is 6.70. The van der Waals surface area contributed by atoms with Gasteiger partial charge in [-0.2, -0.15) is 0 Å². The summed E-state index contributed by atoms with van der Waals surface area (Å²) in [5.41, 5.74) is 3.49. The highest BCUT2D eigenvalue weighted by atomic mass is 16.5. The third-order valence-corrected chi connectivity index (χ3v) is 3.90. The fraction of sp³-hybridized carbons (Fsp3) is 0.533. The molecule has 5 nitrogen and oxygen atoms in total. The molecule has 2 heterocycles. The lowest BCUT2D eigenvalue weighted by molar-refractivity contribution is 0.00583. The van der Waals surface area contributed by atoms with Gasteiger partial charge in [0.25, 0.3) is 0 Å². The van der Waals surface area contributed by atoms with Crippen molar-refractivity contribution in [2.75, 3.05) is 18.5 Å². The Hall–Kier alpha value is -1.75. The van der Waals surface area contributed by atoms with Gasteiger partial charge in [-0.15, -0.1) is 0 Å². The van der Waals surface area contributed by atoms with E-state index in [2.05, 4.69) is 34.1 Å². The van der Waals surface area contributed by atoms with E-state index in [0.717, 1.165) is 25.0 Å². The maximum absolute atomic E-state index is 11.4. The molecule has 2 unspecified atom stereocenters. The Morgan fingerprint density at radius 1 is 1.45 bits per heavy atom. The van der Waals surface area contributed by atoms with E-state index in [1.54, 1.807) is 0 Å². The zero-order chi connectivity index (χ0) is 13.9. The lowest BCUT2D eigenvalue weighted by Crippen LogP contribution is -2.36. The van der Waals surface area contributed by atoms with E-state index >= 15 is 0 Å². The first-order valence-corrected chi connectivity index (χ1v) is 7.29. The number of anilines is 1. The number of hydrogen-bond acceptors (Lipinski definition) is 3. The van der Waals surface area contributed by atoms with E-state index in [9.17, 15) is 4.79 Å². The molecular formula is C15H21N3O2. The molecule has 2 bridgehead atoms. The highest BCUT2D eigenvalue weighted by Gasteiger charge is 2.30. The van der Waals surface area contributed by atoms with E-state index in [0.29, 0.717) is 19.1 Å². The Bertz CT molecular complexity index is 504. The van der Waals surface area contributed by atoms with Gasteiger partial charge in [0.15, 0.2) is 0 Å². The second kappa shape index (κ2) is 5.71. The second-order valence-corrected chi connectivity index (χ2v) is 5.36. The average Bonchev–Trinajstić information content (AvgIpc) is 2.46. The predicted molar refractivity (Wildman–Crippen MR) is 77.7 cm³/mol. The summed E-state index contributed by atoms with van der Waals surface area (Å²) in [5.74, 6) is 0. The summed E-state index contributed by atoms with van der Waals surface area (Å²) in [6.45, 7) is 3.90. The molecule has 1 saturated heterocycles. The molecule has 2 amide bonds. The molecule has 2 aliphatic heterocycles. The average molecular weight is 275 g/mol. The summed E-state index contributed by atoms with van der Waals surface area (Å²) >= 11 is 0. The van der Waals surface area contributed by atoms with E-state index < -0.39 is 0 Å². The van der Waals surface area contributed by atoms with Gasteiger partial charge in [-0.3, -0.25) is 0 Å². The van der Waals surface area contributed by atoms with Crippen LogP contribution in [0.15, 0.2) is 18.2 Å². The van der Waals surface area contributed by atoms with Crippen molar-refractivity contribution in [3.63, 3.8) is 0 Å². The summed E-state index contributed by atoms with van der Waals surface area (Å²) in [4.78, 5) is 11.4. The smallest absolute Gasteiger partial charge is 0.315 e. The molecule has 0 spiro atoms. The number of ether oxygens (including phenoxy) is 1. The van der Waals surface area contributed by atoms with Gasteiger partial charge in [0.1, 0.15) is 0 Å². The molecule has 0 aliphatic carbocycles. The molecule has 2 atom stereocenters. The summed E-state index contributed by atoms with van der Waals surface area (Å²) in [7, 11) is 0. The summed E-state index contributed by atoms with van der Waals surface area (Å²) in [6.07, 6.45) is 2.32. The fourth-order valence-corrected chi connectivity index (χ4v) is 2.89. The molecule has 3 rings (SSSR count). The van der Waals surface area contributed by atoms with Gasteiger partial charge in [-0.05, 0) is 37.5 Å². The van der Waals surface area contributed by atoms with E-state index in [1.807, 2.05) is 6.92 Å². The first-order chi connectivity index (χ1) is 9.76. The van der Waals surface area contributed by atoms with Crippen molar-refractivity contribution in [2.45, 2.75) is 38.5 Å². The Morgan fingerprint density at radius 2 is 2.35 bits per heavy atom. The molecular weight excluding hydrogens is 254 g/mol. The second-order valence-electron chi connectivity index (χ2n) is 5.36. The number of carbonyl (C=O) groups is 1. The van der Waals surface area contributed by atoms with Gasteiger partial charge in [-0.25, -0.2) is 4.79 Å². The molecule has 2 aliphatic rings. The van der Waals surface area contributed by atoms with Crippen LogP contribution in [0.25, 0.3) is 0 Å². The van der Waals surface area contributed by atoms with Crippen molar-refractivity contribution in [3.05, 3.63) is 29.3 Å². The minimum absolute atomic E-state index is 0.127. The molecule has 1 fully saturated rings. The van der Waals surface area contributed by atoms with Crippen LogP contribution in [0.1, 0.15) is 37.0 Å². The zero-order valence-corrected chi connectivity index (χ0v) is 11.7. The van der Waals surface area contributed by atoms with E-state index in [1.165, 1.54) is 11.3 Å². The van der Waals surface area contributed by atoms with Crippen LogP contribution in [-0.2, 0) is 11.3 Å². The van der Waals surface area contributed by atoms with Crippen LogP contribution >= 0.6 is 0 Å². The third-order valence-electron chi connectivity index (χ3n) is 3.90. The lowest BCUT2D eigenvalue weighted by Gasteiger charge is -2.37. The lowest BCUT2D eigenvalue weighted by atomic mass is 9.90. The monoisotopic (exact) mass is 275 g/mol. The quantitative estimate of drug-likeness (QED) is 0.792. The van der Waals surface area contributed by atoms with Crippen molar-refractivity contribution < 1.29 is 9.53 Å². The van der Waals surface area contributed by atoms with E-state index in [-0.39, 0.29) is 12.1 Å². The molecule has 108 valence electrons. The van der Waals surface area contributed by atoms with Gasteiger partial charge in [0, 0.05) is 37.0 Å². The molecule has 0 aromatic heterocycles. The highest BCUT2D eigenvalue weighted by Crippen LogP contribution is 2.39. The molecule has 1 aromatic rings. The van der Waals surface area contributed by atoms with Gasteiger partial charge in [0.05, 0.1) is 6.10 Å². The van der Waals surface area contributed by atoms with Gasteiger partial charge in [-0.1, -0.05) is 6.07 Å². The summed E-state index contributed by atoms with van der Waals surface area (Å²) < 4.78 is 5.85. The van der Waals surface area contributed by atoms with Crippen molar-refractivity contribution in [3.8, 4) is 0 Å². The summed E-state index contributed by atoms with van der Waals surface area (Å²) in [5, 5.41) is 9.14. The van der Waals surface area contributed by atoms with Gasteiger partial charge in [0.2, 0.25) is 0 Å². The molecule has 20 heavy (non-hydrogen) atoms. The highest BCUT2D eigenvalue weighted by molar-refractivity contribution is 5.73. The fourth-order valence-electron chi connectivity index (χ4n) is 2.89. The maximum Gasteiger partial charge on any atom is 0.315 e. The van der Waals surface area contributed by atoms with Crippen LogP contribution in [-0.4, -0.2) is 25.2 Å². The Kier molecular flexibility index (Phi) is 3.78. The van der Waals surface area contributed by atoms with Crippen LogP contribution in [0.4, 0.5) is 10.5 Å². The number of benzene rings is 1. The van der Waals surface area contributed by atoms with Crippen molar-refractivity contribution in [1.29, 1.82) is 0 Å². The van der Waals surface area contributed by atoms with Crippen LogP contribution < -0.4 is 16.0 Å². The normalized spacial score (nSPS) is 23.4. The van der Waals surface area contributed by atoms with Crippen molar-refractivity contribution in [1.82, 2.24) is 10.6 Å². The number of rotatable bonds is 3. The number of nitrogens with one attached hydrogen (secondary N) is 3. The molecule has 3 N–H and O–H groups in total.